The number of sulfonamides is 1. The molecule has 1 aromatic carbocycles. The molecule has 3 fully saturated rings. The van der Waals surface area contributed by atoms with Crippen molar-refractivity contribution < 1.29 is 46.9 Å². The number of pyridine rings is 1. The van der Waals surface area contributed by atoms with E-state index in [9.17, 15) is 32.7 Å². The van der Waals surface area contributed by atoms with E-state index in [1.54, 1.807) is 24.3 Å². The maximum absolute atomic E-state index is 14.5. The summed E-state index contributed by atoms with van der Waals surface area (Å²) >= 11 is 0. The molecule has 15 nitrogen and oxygen atoms in total. The highest BCUT2D eigenvalue weighted by molar-refractivity contribution is 7.91. The third-order valence-electron chi connectivity index (χ3n) is 10.7. The lowest BCUT2D eigenvalue weighted by atomic mass is 9.85. The molecule has 0 radical (unpaired) electrons. The minimum atomic E-state index is -3.91. The third-order valence-corrected chi connectivity index (χ3v) is 12.5. The number of amides is 4. The van der Waals surface area contributed by atoms with Crippen molar-refractivity contribution in [1.82, 2.24) is 25.2 Å². The fourth-order valence-electron chi connectivity index (χ4n) is 7.51. The number of nitrogens with one attached hydrogen (secondary N) is 3. The number of carboxylic acid groups (broad SMARTS) is 1. The Hall–Kier alpha value is -4.60. The molecule has 2 aliphatic carbocycles. The van der Waals surface area contributed by atoms with E-state index in [1.165, 1.54) is 19.1 Å². The zero-order valence-electron chi connectivity index (χ0n) is 29.8. The molecule has 3 heterocycles. The van der Waals surface area contributed by atoms with Crippen molar-refractivity contribution >= 4 is 44.7 Å². The van der Waals surface area contributed by atoms with E-state index < -0.39 is 68.7 Å². The van der Waals surface area contributed by atoms with Crippen LogP contribution in [0.3, 0.4) is 0 Å². The number of benzene rings is 1. The van der Waals surface area contributed by atoms with E-state index in [1.807, 2.05) is 26.0 Å². The smallest absolute Gasteiger partial charge is 0.405 e. The van der Waals surface area contributed by atoms with Crippen molar-refractivity contribution in [3.63, 3.8) is 0 Å². The maximum atomic E-state index is 14.5. The van der Waals surface area contributed by atoms with Crippen LogP contribution in [0, 0.1) is 17.8 Å². The van der Waals surface area contributed by atoms with Crippen LogP contribution in [0.4, 0.5) is 4.79 Å². The lowest BCUT2D eigenvalue weighted by molar-refractivity contribution is -0.142. The number of nitrogens with zero attached hydrogens (tertiary/aromatic N) is 2. The summed E-state index contributed by atoms with van der Waals surface area (Å²) in [5, 5.41) is 15.1. The van der Waals surface area contributed by atoms with Gasteiger partial charge in [0.1, 0.15) is 35.2 Å². The van der Waals surface area contributed by atoms with Gasteiger partial charge in [0.25, 0.3) is 5.91 Å². The Labute approximate surface area is 302 Å². The fourth-order valence-corrected chi connectivity index (χ4v) is 8.87. The second kappa shape index (κ2) is 14.8. The summed E-state index contributed by atoms with van der Waals surface area (Å²) in [6, 6.07) is 4.55. The van der Waals surface area contributed by atoms with Crippen molar-refractivity contribution in [3.8, 4) is 17.4 Å². The Morgan fingerprint density at radius 3 is 2.56 bits per heavy atom. The summed E-state index contributed by atoms with van der Waals surface area (Å²) < 4.78 is 45.1. The number of carbonyl (C=O) groups is 4. The molecule has 4 aliphatic rings. The zero-order valence-corrected chi connectivity index (χ0v) is 30.6. The first kappa shape index (κ1) is 37.2. The molecule has 4 amide bonds. The van der Waals surface area contributed by atoms with E-state index in [4.69, 9.17) is 14.2 Å². The van der Waals surface area contributed by atoms with Gasteiger partial charge < -0.3 is 34.9 Å². The quantitative estimate of drug-likeness (QED) is 0.275. The predicted octanol–water partition coefficient (Wildman–Crippen LogP) is 3.12. The van der Waals surface area contributed by atoms with E-state index in [0.29, 0.717) is 54.5 Å². The predicted molar refractivity (Wildman–Crippen MR) is 189 cm³/mol. The van der Waals surface area contributed by atoms with Gasteiger partial charge in [0, 0.05) is 29.9 Å². The molecule has 0 spiro atoms. The van der Waals surface area contributed by atoms with Gasteiger partial charge in [-0.25, -0.2) is 18.2 Å². The highest BCUT2D eigenvalue weighted by atomic mass is 32.2. The topological polar surface area (TPSA) is 203 Å². The first-order chi connectivity index (χ1) is 24.8. The Kier molecular flexibility index (Phi) is 10.6. The van der Waals surface area contributed by atoms with Gasteiger partial charge in [0.2, 0.25) is 27.7 Å². The Bertz CT molecular complexity index is 1860. The van der Waals surface area contributed by atoms with Crippen LogP contribution in [-0.2, 0) is 24.4 Å². The molecule has 7 atom stereocenters. The number of hydrogen-bond donors (Lipinski definition) is 4. The first-order valence-corrected chi connectivity index (χ1v) is 19.4. The number of ether oxygens (including phenoxy) is 3. The number of carbonyl (C=O) groups excluding carboxylic acids is 3. The average molecular weight is 742 g/mol. The molecular weight excluding hydrogens is 694 g/mol. The lowest BCUT2D eigenvalue weighted by Crippen LogP contribution is -2.59. The average Bonchev–Trinajstić information content (AvgIpc) is 4.04. The molecule has 6 rings (SSSR count). The summed E-state index contributed by atoms with van der Waals surface area (Å²) in [4.78, 5) is 60.5. The standard InChI is InChI=1S/C36H47N5O10S/c1-5-21-14-20(2)8-6-7-9-22-18-36(22,34(44)40-52(47,48)25-11-12-25)39-32(42)28-16-24(19-41(28)33(43)31(21)38-35(45)46)51-29-17-30(50-4)37-27-15-23(49-3)10-13-26(27)29/h7,9-10,13,15,17,20-22,24-25,28,31,38H,5-6,8,11-12,14,16,18-19H2,1-4H3,(H,39,42)(H,40,44)(H,45,46)/b9-7-/t20-,21-,22-,24-,28+,31+,36-/m1/s1. The second-order valence-corrected chi connectivity index (χ2v) is 16.4. The molecule has 52 heavy (non-hydrogen) atoms. The molecule has 16 heteroatoms. The zero-order chi connectivity index (χ0) is 37.4. The molecule has 2 aromatic rings. The molecule has 1 aromatic heterocycles. The van der Waals surface area contributed by atoms with E-state index >= 15 is 0 Å². The van der Waals surface area contributed by atoms with Crippen molar-refractivity contribution in [1.29, 1.82) is 0 Å². The third kappa shape index (κ3) is 7.76. The van der Waals surface area contributed by atoms with Crippen molar-refractivity contribution in [3.05, 3.63) is 36.4 Å². The molecule has 282 valence electrons. The minimum absolute atomic E-state index is 0.00538. The molecule has 2 saturated carbocycles. The summed E-state index contributed by atoms with van der Waals surface area (Å²) in [5.74, 6) is -1.53. The van der Waals surface area contributed by atoms with Crippen LogP contribution in [0.2, 0.25) is 0 Å². The van der Waals surface area contributed by atoms with Crippen LogP contribution in [-0.4, -0.2) is 97.0 Å². The van der Waals surface area contributed by atoms with Crippen molar-refractivity contribution in [2.75, 3.05) is 20.8 Å². The van der Waals surface area contributed by atoms with Gasteiger partial charge in [0.15, 0.2) is 0 Å². The van der Waals surface area contributed by atoms with E-state index in [-0.39, 0.29) is 37.1 Å². The summed E-state index contributed by atoms with van der Waals surface area (Å²) in [6.07, 6.45) is 5.26. The molecule has 0 unspecified atom stereocenters. The van der Waals surface area contributed by atoms with Gasteiger partial charge in [-0.1, -0.05) is 32.4 Å². The van der Waals surface area contributed by atoms with Crippen LogP contribution < -0.4 is 29.6 Å². The normalized spacial score (nSPS) is 30.1. The Morgan fingerprint density at radius 1 is 1.12 bits per heavy atom. The lowest BCUT2D eigenvalue weighted by Gasteiger charge is -2.33. The Balaban J connectivity index is 1.36. The van der Waals surface area contributed by atoms with Crippen LogP contribution in [0.25, 0.3) is 10.9 Å². The number of methoxy groups -OCH3 is 2. The van der Waals surface area contributed by atoms with Crippen molar-refractivity contribution in [2.24, 2.45) is 17.8 Å². The largest absolute Gasteiger partial charge is 0.497 e. The van der Waals surface area contributed by atoms with E-state index in [0.717, 1.165) is 6.42 Å². The fraction of sp³-hybridized carbons (Fsp3) is 0.583. The van der Waals surface area contributed by atoms with Crippen LogP contribution in [0.1, 0.15) is 65.2 Å². The SMILES string of the molecule is CC[C@@H]1C[C@H](C)CC/C=C\[C@@H]2C[C@@]2(C(=O)NS(=O)(=O)C2CC2)NC(=O)[C@@H]2C[C@@H](Oc3cc(OC)nc4cc(OC)ccc34)CN2C(=O)[C@H]1NC(=O)O. The Morgan fingerprint density at radius 2 is 1.88 bits per heavy atom. The molecular formula is C36H47N5O10S. The monoisotopic (exact) mass is 741 g/mol. The number of hydrogen-bond acceptors (Lipinski definition) is 10. The van der Waals surface area contributed by atoms with Gasteiger partial charge in [0.05, 0.1) is 31.5 Å². The van der Waals surface area contributed by atoms with Gasteiger partial charge >= 0.3 is 6.09 Å². The second-order valence-electron chi connectivity index (χ2n) is 14.4. The maximum Gasteiger partial charge on any atom is 0.405 e. The van der Waals surface area contributed by atoms with E-state index in [2.05, 4.69) is 20.3 Å². The molecule has 2 aliphatic heterocycles. The van der Waals surface area contributed by atoms with Gasteiger partial charge in [-0.3, -0.25) is 19.1 Å². The minimum Gasteiger partial charge on any atom is -0.497 e. The van der Waals surface area contributed by atoms with Gasteiger partial charge in [-0.15, -0.1) is 0 Å². The number of rotatable bonds is 9. The summed E-state index contributed by atoms with van der Waals surface area (Å²) in [5.41, 5.74) is -1.00. The number of allylic oxidation sites excluding steroid dienone is 1. The molecule has 4 N–H and O–H groups in total. The van der Waals surface area contributed by atoms with Crippen LogP contribution in [0.5, 0.6) is 17.4 Å². The highest BCUT2D eigenvalue weighted by Crippen LogP contribution is 2.46. The van der Waals surface area contributed by atoms with Crippen LogP contribution >= 0.6 is 0 Å². The van der Waals surface area contributed by atoms with Crippen LogP contribution in [0.15, 0.2) is 36.4 Å². The molecule has 0 bridgehead atoms. The first-order valence-electron chi connectivity index (χ1n) is 17.8. The number of fused-ring (bicyclic) bond motifs is 3. The summed E-state index contributed by atoms with van der Waals surface area (Å²) in [7, 11) is -0.904. The summed E-state index contributed by atoms with van der Waals surface area (Å²) in [6.45, 7) is 3.88. The molecule has 1 saturated heterocycles. The van der Waals surface area contributed by atoms with Gasteiger partial charge in [-0.05, 0) is 62.5 Å². The van der Waals surface area contributed by atoms with Gasteiger partial charge in [-0.2, -0.15) is 0 Å². The highest BCUT2D eigenvalue weighted by Gasteiger charge is 2.62. The van der Waals surface area contributed by atoms with Crippen molar-refractivity contribution in [2.45, 2.75) is 94.2 Å². The number of aromatic nitrogens is 1.